The molecule has 0 spiro atoms. The van der Waals surface area contributed by atoms with E-state index in [2.05, 4.69) is 9.97 Å². The van der Waals surface area contributed by atoms with Crippen molar-refractivity contribution in [3.8, 4) is 11.3 Å². The second-order valence-electron chi connectivity index (χ2n) is 3.89. The lowest BCUT2D eigenvalue weighted by molar-refractivity contribution is 0.618. The van der Waals surface area contributed by atoms with Crippen LogP contribution in [0.25, 0.3) is 11.3 Å². The van der Waals surface area contributed by atoms with Gasteiger partial charge in [-0.15, -0.1) is 0 Å². The van der Waals surface area contributed by atoms with Crippen LogP contribution in [0.5, 0.6) is 0 Å². The summed E-state index contributed by atoms with van der Waals surface area (Å²) in [5.41, 5.74) is 1.69. The van der Waals surface area contributed by atoms with E-state index in [1.807, 2.05) is 6.92 Å². The number of aromatic amines is 1. The predicted molar refractivity (Wildman–Crippen MR) is 64.4 cm³/mol. The zero-order chi connectivity index (χ0) is 12.4. The van der Waals surface area contributed by atoms with E-state index >= 15 is 0 Å². The van der Waals surface area contributed by atoms with E-state index in [0.29, 0.717) is 23.5 Å². The van der Waals surface area contributed by atoms with Gasteiger partial charge in [0.1, 0.15) is 11.6 Å². The molecular weight excluding hydrogens is 219 g/mol. The second-order valence-corrected chi connectivity index (χ2v) is 3.89. The Hall–Kier alpha value is -1.97. The Morgan fingerprint density at radius 2 is 2.12 bits per heavy atom. The summed E-state index contributed by atoms with van der Waals surface area (Å²) in [5.74, 6) is 0.379. The van der Waals surface area contributed by atoms with Crippen LogP contribution in [0, 0.1) is 12.7 Å². The molecule has 0 radical (unpaired) electrons. The van der Waals surface area contributed by atoms with Crippen molar-refractivity contribution in [1.82, 2.24) is 9.97 Å². The molecule has 0 aliphatic heterocycles. The van der Waals surface area contributed by atoms with E-state index in [1.54, 1.807) is 19.1 Å². The molecule has 2 rings (SSSR count). The van der Waals surface area contributed by atoms with Gasteiger partial charge in [0.15, 0.2) is 0 Å². The van der Waals surface area contributed by atoms with Gasteiger partial charge in [-0.1, -0.05) is 6.92 Å². The van der Waals surface area contributed by atoms with Gasteiger partial charge in [0, 0.05) is 18.1 Å². The Morgan fingerprint density at radius 1 is 1.35 bits per heavy atom. The maximum Gasteiger partial charge on any atom is 0.251 e. The number of H-pyrrole nitrogens is 1. The average Bonchev–Trinajstić information content (AvgIpc) is 2.32. The number of aromatic nitrogens is 2. The molecule has 88 valence electrons. The first kappa shape index (κ1) is 11.5. The highest BCUT2D eigenvalue weighted by Crippen LogP contribution is 2.18. The minimum absolute atomic E-state index is 0.186. The molecule has 2 aromatic rings. The monoisotopic (exact) mass is 232 g/mol. The lowest BCUT2D eigenvalue weighted by Gasteiger charge is -2.04. The summed E-state index contributed by atoms with van der Waals surface area (Å²) in [6.07, 6.45) is 0.656. The van der Waals surface area contributed by atoms with Crippen molar-refractivity contribution >= 4 is 0 Å². The lowest BCUT2D eigenvalue weighted by Crippen LogP contribution is -2.10. The van der Waals surface area contributed by atoms with Gasteiger partial charge >= 0.3 is 0 Å². The van der Waals surface area contributed by atoms with Gasteiger partial charge in [-0.2, -0.15) is 0 Å². The van der Waals surface area contributed by atoms with Crippen LogP contribution in [0.2, 0.25) is 0 Å². The number of benzene rings is 1. The van der Waals surface area contributed by atoms with Gasteiger partial charge in [-0.25, -0.2) is 9.37 Å². The summed E-state index contributed by atoms with van der Waals surface area (Å²) >= 11 is 0. The van der Waals surface area contributed by atoms with E-state index in [9.17, 15) is 9.18 Å². The van der Waals surface area contributed by atoms with Crippen LogP contribution in [0.1, 0.15) is 18.3 Å². The fraction of sp³-hybridized carbons (Fsp3) is 0.231. The number of aryl methyl sites for hydroxylation is 2. The lowest BCUT2D eigenvalue weighted by atomic mass is 10.1. The number of rotatable bonds is 2. The molecule has 4 heteroatoms. The van der Waals surface area contributed by atoms with Crippen molar-refractivity contribution in [1.29, 1.82) is 0 Å². The highest BCUT2D eigenvalue weighted by atomic mass is 19.1. The molecule has 1 aromatic heterocycles. The van der Waals surface area contributed by atoms with Crippen LogP contribution >= 0.6 is 0 Å². The first-order chi connectivity index (χ1) is 8.10. The van der Waals surface area contributed by atoms with Crippen molar-refractivity contribution in [3.63, 3.8) is 0 Å². The largest absolute Gasteiger partial charge is 0.311 e. The molecule has 0 atom stereocenters. The van der Waals surface area contributed by atoms with Crippen molar-refractivity contribution in [2.24, 2.45) is 0 Å². The standard InChI is InChI=1S/C13H13FN2O/c1-3-12-15-11(7-13(17)16-12)9-4-5-10(14)8(2)6-9/h4-7H,3H2,1-2H3,(H,15,16,17). The van der Waals surface area contributed by atoms with Crippen molar-refractivity contribution in [2.75, 3.05) is 0 Å². The number of halogens is 1. The number of nitrogens with zero attached hydrogens (tertiary/aromatic N) is 1. The summed E-state index contributed by atoms with van der Waals surface area (Å²) in [7, 11) is 0. The summed E-state index contributed by atoms with van der Waals surface area (Å²) in [4.78, 5) is 18.4. The molecule has 0 aliphatic carbocycles. The smallest absolute Gasteiger partial charge is 0.251 e. The zero-order valence-electron chi connectivity index (χ0n) is 9.75. The minimum Gasteiger partial charge on any atom is -0.311 e. The fourth-order valence-electron chi connectivity index (χ4n) is 1.63. The third-order valence-corrected chi connectivity index (χ3v) is 2.58. The molecule has 3 nitrogen and oxygen atoms in total. The fourth-order valence-corrected chi connectivity index (χ4v) is 1.63. The molecule has 0 unspecified atom stereocenters. The Kier molecular flexibility index (Phi) is 3.04. The summed E-state index contributed by atoms with van der Waals surface area (Å²) < 4.78 is 13.2. The summed E-state index contributed by atoms with van der Waals surface area (Å²) in [5, 5.41) is 0. The molecule has 1 N–H and O–H groups in total. The predicted octanol–water partition coefficient (Wildman–Crippen LogP) is 2.45. The topological polar surface area (TPSA) is 45.8 Å². The second kappa shape index (κ2) is 4.49. The summed E-state index contributed by atoms with van der Waals surface area (Å²) in [6, 6.07) is 6.13. The summed E-state index contributed by atoms with van der Waals surface area (Å²) in [6.45, 7) is 3.60. The van der Waals surface area contributed by atoms with Crippen LogP contribution < -0.4 is 5.56 Å². The van der Waals surface area contributed by atoms with Gasteiger partial charge in [-0.05, 0) is 30.7 Å². The Morgan fingerprint density at radius 3 is 2.76 bits per heavy atom. The van der Waals surface area contributed by atoms with Gasteiger partial charge in [0.05, 0.1) is 5.69 Å². The van der Waals surface area contributed by atoms with Gasteiger partial charge in [0.25, 0.3) is 5.56 Å². The maximum atomic E-state index is 13.2. The molecule has 0 aliphatic rings. The molecule has 1 aromatic carbocycles. The SMILES string of the molecule is CCc1nc(-c2ccc(F)c(C)c2)cc(=O)[nH]1. The molecule has 1 heterocycles. The first-order valence-corrected chi connectivity index (χ1v) is 5.47. The van der Waals surface area contributed by atoms with Crippen LogP contribution in [0.4, 0.5) is 4.39 Å². The van der Waals surface area contributed by atoms with E-state index < -0.39 is 0 Å². The van der Waals surface area contributed by atoms with Crippen LogP contribution in [0.3, 0.4) is 0 Å². The van der Waals surface area contributed by atoms with E-state index in [4.69, 9.17) is 0 Å². The van der Waals surface area contributed by atoms with Gasteiger partial charge in [0.2, 0.25) is 0 Å². The molecule has 0 fully saturated rings. The Labute approximate surface area is 98.3 Å². The van der Waals surface area contributed by atoms with Gasteiger partial charge < -0.3 is 4.98 Å². The Balaban J connectivity index is 2.55. The van der Waals surface area contributed by atoms with Crippen LogP contribution in [-0.2, 0) is 6.42 Å². The highest BCUT2D eigenvalue weighted by Gasteiger charge is 2.05. The number of hydrogen-bond donors (Lipinski definition) is 1. The number of hydrogen-bond acceptors (Lipinski definition) is 2. The van der Waals surface area contributed by atoms with E-state index in [0.717, 1.165) is 5.56 Å². The zero-order valence-corrected chi connectivity index (χ0v) is 9.75. The van der Waals surface area contributed by atoms with E-state index in [1.165, 1.54) is 12.1 Å². The molecule has 0 saturated heterocycles. The van der Waals surface area contributed by atoms with Crippen molar-refractivity contribution in [2.45, 2.75) is 20.3 Å². The van der Waals surface area contributed by atoms with Gasteiger partial charge in [-0.3, -0.25) is 4.79 Å². The first-order valence-electron chi connectivity index (χ1n) is 5.47. The van der Waals surface area contributed by atoms with Crippen LogP contribution in [-0.4, -0.2) is 9.97 Å². The third kappa shape index (κ3) is 2.41. The quantitative estimate of drug-likeness (QED) is 0.864. The molecular formula is C13H13FN2O. The molecule has 0 bridgehead atoms. The third-order valence-electron chi connectivity index (χ3n) is 2.58. The minimum atomic E-state index is -0.255. The highest BCUT2D eigenvalue weighted by molar-refractivity contribution is 5.59. The average molecular weight is 232 g/mol. The number of nitrogens with one attached hydrogen (secondary N) is 1. The Bertz CT molecular complexity index is 605. The molecule has 17 heavy (non-hydrogen) atoms. The normalized spacial score (nSPS) is 10.5. The van der Waals surface area contributed by atoms with Crippen molar-refractivity contribution in [3.05, 3.63) is 51.8 Å². The maximum absolute atomic E-state index is 13.2. The van der Waals surface area contributed by atoms with E-state index in [-0.39, 0.29) is 11.4 Å². The van der Waals surface area contributed by atoms with Crippen LogP contribution in [0.15, 0.2) is 29.1 Å². The molecule has 0 saturated carbocycles. The van der Waals surface area contributed by atoms with Crippen molar-refractivity contribution < 1.29 is 4.39 Å². The molecule has 0 amide bonds.